The number of ketones is 2. The summed E-state index contributed by atoms with van der Waals surface area (Å²) in [5.74, 6) is -9.51. The molecule has 15 heteroatoms. The molecule has 2 N–H and O–H groups in total. The number of hydrogen-bond donors (Lipinski definition) is 2. The number of carbonyl (C=O) groups is 4. The van der Waals surface area contributed by atoms with E-state index in [9.17, 15) is 55.7 Å². The predicted molar refractivity (Wildman–Crippen MR) is 104 cm³/mol. The van der Waals surface area contributed by atoms with E-state index in [0.29, 0.717) is 13.2 Å². The van der Waals surface area contributed by atoms with Gasteiger partial charge in [-0.25, -0.2) is 0 Å². The molecule has 0 saturated carbocycles. The number of aliphatic hydroxyl groups excluding tert-OH is 2. The Kier molecular flexibility index (Phi) is 30.4. The Morgan fingerprint density at radius 3 is 0.943 bits per heavy atom. The van der Waals surface area contributed by atoms with E-state index in [1.54, 1.807) is 0 Å². The summed E-state index contributed by atoms with van der Waals surface area (Å²) in [6.07, 6.45) is -11.3. The van der Waals surface area contributed by atoms with Crippen LogP contribution in [0.3, 0.4) is 0 Å². The quantitative estimate of drug-likeness (QED) is 0.279. The minimum atomic E-state index is -4.65. The molecule has 0 saturated heterocycles. The minimum absolute atomic E-state index is 0. The van der Waals surface area contributed by atoms with E-state index >= 15 is 0 Å². The molecule has 0 rings (SSSR count). The van der Waals surface area contributed by atoms with Crippen LogP contribution in [0, 0.1) is 11.8 Å². The Morgan fingerprint density at radius 2 is 0.857 bits per heavy atom. The van der Waals surface area contributed by atoms with Gasteiger partial charge in [0.2, 0.25) is 0 Å². The summed E-state index contributed by atoms with van der Waals surface area (Å²) in [7, 11) is 0. The van der Waals surface area contributed by atoms with Crippen LogP contribution in [0.5, 0.6) is 0 Å². The molecular formula is C20H32F6O8Zr. The van der Waals surface area contributed by atoms with Gasteiger partial charge in [0, 0.05) is 13.2 Å². The van der Waals surface area contributed by atoms with Crippen molar-refractivity contribution >= 4 is 23.5 Å². The maximum absolute atomic E-state index is 11.6. The summed E-state index contributed by atoms with van der Waals surface area (Å²) in [5, 5.41) is 36.1. The monoisotopic (exact) mass is 604 g/mol. The van der Waals surface area contributed by atoms with Crippen molar-refractivity contribution in [3.8, 4) is 0 Å². The second kappa shape index (κ2) is 24.4. The van der Waals surface area contributed by atoms with Crippen LogP contribution in [0.4, 0.5) is 26.3 Å². The van der Waals surface area contributed by atoms with E-state index in [0.717, 1.165) is 12.8 Å². The third-order valence-electron chi connectivity index (χ3n) is 3.36. The summed E-state index contributed by atoms with van der Waals surface area (Å²) in [6, 6.07) is 0. The van der Waals surface area contributed by atoms with Crippen LogP contribution in [-0.2, 0) is 45.4 Å². The zero-order valence-electron chi connectivity index (χ0n) is 19.9. The summed E-state index contributed by atoms with van der Waals surface area (Å²) in [5.41, 5.74) is 0. The van der Waals surface area contributed by atoms with Crippen molar-refractivity contribution < 1.29 is 92.2 Å². The second-order valence-electron chi connectivity index (χ2n) is 6.52. The number of hydrogen-bond acceptors (Lipinski definition) is 8. The van der Waals surface area contributed by atoms with Crippen LogP contribution in [0.25, 0.3) is 0 Å². The molecule has 0 amide bonds. The summed E-state index contributed by atoms with van der Waals surface area (Å²) >= 11 is 0. The zero-order valence-corrected chi connectivity index (χ0v) is 22.4. The van der Waals surface area contributed by atoms with Gasteiger partial charge in [0.25, 0.3) is 0 Å². The van der Waals surface area contributed by atoms with Gasteiger partial charge < -0.3 is 30.0 Å². The van der Waals surface area contributed by atoms with E-state index in [-0.39, 0.29) is 39.0 Å². The van der Waals surface area contributed by atoms with Gasteiger partial charge in [-0.05, 0) is 25.7 Å². The first-order valence-electron chi connectivity index (χ1n) is 10.2. The van der Waals surface area contributed by atoms with Crippen molar-refractivity contribution in [1.29, 1.82) is 0 Å². The summed E-state index contributed by atoms with van der Waals surface area (Å²) in [6.45, 7) is 7.13. The first-order valence-corrected chi connectivity index (χ1v) is 10.2. The molecule has 0 heterocycles. The first-order chi connectivity index (χ1) is 15.4. The van der Waals surface area contributed by atoms with E-state index in [2.05, 4.69) is 0 Å². The van der Waals surface area contributed by atoms with E-state index < -0.39 is 60.5 Å². The van der Waals surface area contributed by atoms with Crippen molar-refractivity contribution in [3.05, 3.63) is 0 Å². The SMILES string of the molecule is CCC(C(=O)[O-])C(=O)CC(F)(F)F.CCC(C(=O)[O-])C(=O)CC(F)(F)F.CCCO.CCCO.[Zr+2]. The number of carboxylic acid groups (broad SMARTS) is 2. The largest absolute Gasteiger partial charge is 2.00 e. The summed E-state index contributed by atoms with van der Waals surface area (Å²) < 4.78 is 69.8. The number of aliphatic hydroxyl groups is 2. The predicted octanol–water partition coefficient (Wildman–Crippen LogP) is 1.34. The Morgan fingerprint density at radius 1 is 0.657 bits per heavy atom. The Labute approximate surface area is 219 Å². The Balaban J connectivity index is -0.000000128. The molecule has 2 atom stereocenters. The molecule has 0 fully saturated rings. The van der Waals surface area contributed by atoms with Gasteiger partial charge in [-0.2, -0.15) is 26.3 Å². The van der Waals surface area contributed by atoms with Crippen LogP contribution >= 0.6 is 0 Å². The molecular weight excluding hydrogens is 573 g/mol. The topological polar surface area (TPSA) is 155 Å². The number of halogens is 6. The molecule has 0 spiro atoms. The van der Waals surface area contributed by atoms with Crippen molar-refractivity contribution in [1.82, 2.24) is 0 Å². The second-order valence-corrected chi connectivity index (χ2v) is 6.52. The number of alkyl halides is 6. The molecule has 8 nitrogen and oxygen atoms in total. The number of aliphatic carboxylic acids is 2. The maximum Gasteiger partial charge on any atom is 2.00 e. The van der Waals surface area contributed by atoms with Gasteiger partial charge >= 0.3 is 38.6 Å². The fourth-order valence-corrected chi connectivity index (χ4v) is 1.69. The number of carbonyl (C=O) groups excluding carboxylic acids is 4. The molecule has 0 aliphatic carbocycles. The Bertz CT molecular complexity index is 529. The van der Waals surface area contributed by atoms with Gasteiger partial charge in [0.05, 0.1) is 23.8 Å². The molecule has 0 aromatic carbocycles. The fourth-order valence-electron chi connectivity index (χ4n) is 1.69. The van der Waals surface area contributed by atoms with Crippen LogP contribution in [0.1, 0.15) is 66.2 Å². The van der Waals surface area contributed by atoms with Crippen molar-refractivity contribution in [2.75, 3.05) is 13.2 Å². The van der Waals surface area contributed by atoms with Crippen LogP contribution < -0.4 is 10.2 Å². The van der Waals surface area contributed by atoms with Crippen molar-refractivity contribution in [3.63, 3.8) is 0 Å². The number of Topliss-reactive ketones (excluding diaryl/α,β-unsaturated/α-hetero) is 2. The van der Waals surface area contributed by atoms with Crippen molar-refractivity contribution in [2.24, 2.45) is 11.8 Å². The van der Waals surface area contributed by atoms with Crippen LogP contribution in [-0.4, -0.2) is 59.3 Å². The average molecular weight is 606 g/mol. The number of rotatable bonds is 10. The number of carboxylic acids is 2. The third kappa shape index (κ3) is 32.7. The van der Waals surface area contributed by atoms with Crippen molar-refractivity contribution in [2.45, 2.75) is 78.6 Å². The van der Waals surface area contributed by atoms with E-state index in [4.69, 9.17) is 10.2 Å². The minimum Gasteiger partial charge on any atom is -0.549 e. The molecule has 0 aromatic rings. The van der Waals surface area contributed by atoms with Gasteiger partial charge in [0.15, 0.2) is 11.6 Å². The zero-order chi connectivity index (χ0) is 28.1. The van der Waals surface area contributed by atoms with E-state index in [1.165, 1.54) is 13.8 Å². The Hall–Kier alpha value is -1.34. The van der Waals surface area contributed by atoms with E-state index in [1.807, 2.05) is 13.8 Å². The average Bonchev–Trinajstić information content (AvgIpc) is 2.66. The summed E-state index contributed by atoms with van der Waals surface area (Å²) in [4.78, 5) is 41.7. The molecule has 2 unspecified atom stereocenters. The normalized spacial score (nSPS) is 12.0. The molecule has 206 valence electrons. The standard InChI is InChI=1S/2C7H9F3O3.2C3H8O.Zr/c2*1-2-4(6(12)13)5(11)3-7(8,9)10;2*1-2-3-4;/h2*4H,2-3H2,1H3,(H,12,13);2*4H,2-3H2,1H3;/q;;;;+2/p-2. The smallest absolute Gasteiger partial charge is 0.549 e. The van der Waals surface area contributed by atoms with Gasteiger partial charge in [-0.1, -0.05) is 27.7 Å². The third-order valence-corrected chi connectivity index (χ3v) is 3.36. The van der Waals surface area contributed by atoms with Crippen LogP contribution in [0.15, 0.2) is 0 Å². The van der Waals surface area contributed by atoms with Gasteiger partial charge in [0.1, 0.15) is 12.8 Å². The van der Waals surface area contributed by atoms with Gasteiger partial charge in [-0.3, -0.25) is 9.59 Å². The molecule has 0 bridgehead atoms. The van der Waals surface area contributed by atoms with Crippen LogP contribution in [0.2, 0.25) is 0 Å². The molecule has 0 aromatic heterocycles. The first kappa shape index (κ1) is 43.7. The molecule has 0 aliphatic rings. The fraction of sp³-hybridized carbons (Fsp3) is 0.800. The van der Waals surface area contributed by atoms with Gasteiger partial charge in [-0.15, -0.1) is 0 Å². The molecule has 35 heavy (non-hydrogen) atoms. The maximum atomic E-state index is 11.6. The molecule has 0 radical (unpaired) electrons. The molecule has 0 aliphatic heterocycles.